The first kappa shape index (κ1) is 14.2. The minimum absolute atomic E-state index is 0.140. The van der Waals surface area contributed by atoms with Crippen LogP contribution in [-0.2, 0) is 4.74 Å². The number of methoxy groups -OCH3 is 1. The number of benzene rings is 1. The lowest BCUT2D eigenvalue weighted by Crippen LogP contribution is -2.20. The van der Waals surface area contributed by atoms with E-state index in [0.29, 0.717) is 0 Å². The van der Waals surface area contributed by atoms with Crippen LogP contribution in [0.2, 0.25) is 0 Å². The van der Waals surface area contributed by atoms with E-state index in [1.165, 1.54) is 6.07 Å². The molecule has 4 nitrogen and oxygen atoms in total. The summed E-state index contributed by atoms with van der Waals surface area (Å²) in [6.07, 6.45) is -5.02. The SMILES string of the molecule is COC(=O)c1cc(S)cc(C#N)c1OC(F)(F)F. The third-order valence-electron chi connectivity index (χ3n) is 1.82. The minimum atomic E-state index is -5.02. The molecular weight excluding hydrogens is 271 g/mol. The number of carbonyl (C=O) groups is 1. The number of nitrogens with zero attached hydrogens (tertiary/aromatic N) is 1. The predicted octanol–water partition coefficient (Wildman–Crippen LogP) is 2.53. The van der Waals surface area contributed by atoms with E-state index in [1.807, 2.05) is 0 Å². The van der Waals surface area contributed by atoms with Gasteiger partial charge in [0.2, 0.25) is 0 Å². The Morgan fingerprint density at radius 2 is 2.06 bits per heavy atom. The molecule has 96 valence electrons. The number of carbonyl (C=O) groups excluding carboxylic acids is 1. The molecular formula is C10H6F3NO3S. The lowest BCUT2D eigenvalue weighted by atomic mass is 10.1. The fourth-order valence-electron chi connectivity index (χ4n) is 1.18. The van der Waals surface area contributed by atoms with Crippen molar-refractivity contribution in [1.82, 2.24) is 0 Å². The van der Waals surface area contributed by atoms with Crippen LogP contribution < -0.4 is 4.74 Å². The second kappa shape index (κ2) is 5.18. The highest BCUT2D eigenvalue weighted by Gasteiger charge is 2.34. The fraction of sp³-hybridized carbons (Fsp3) is 0.200. The molecule has 0 atom stereocenters. The molecule has 0 fully saturated rings. The first-order valence-electron chi connectivity index (χ1n) is 4.39. The van der Waals surface area contributed by atoms with Crippen LogP contribution in [0.4, 0.5) is 13.2 Å². The summed E-state index contributed by atoms with van der Waals surface area (Å²) >= 11 is 3.87. The Morgan fingerprint density at radius 1 is 1.44 bits per heavy atom. The second-order valence-corrected chi connectivity index (χ2v) is 3.54. The number of ether oxygens (including phenoxy) is 2. The van der Waals surface area contributed by atoms with Gasteiger partial charge >= 0.3 is 12.3 Å². The number of hydrogen-bond donors (Lipinski definition) is 1. The fourth-order valence-corrected chi connectivity index (χ4v) is 1.44. The van der Waals surface area contributed by atoms with Crippen LogP contribution in [0, 0.1) is 11.3 Å². The Balaban J connectivity index is 3.44. The lowest BCUT2D eigenvalue weighted by Gasteiger charge is -2.14. The molecule has 0 aliphatic carbocycles. The van der Waals surface area contributed by atoms with Gasteiger partial charge in [-0.05, 0) is 12.1 Å². The normalized spacial score (nSPS) is 10.7. The van der Waals surface area contributed by atoms with Gasteiger partial charge in [0.25, 0.3) is 0 Å². The zero-order valence-electron chi connectivity index (χ0n) is 8.91. The molecule has 18 heavy (non-hydrogen) atoms. The van der Waals surface area contributed by atoms with E-state index in [0.717, 1.165) is 19.2 Å². The quantitative estimate of drug-likeness (QED) is 0.666. The molecule has 0 radical (unpaired) electrons. The second-order valence-electron chi connectivity index (χ2n) is 3.02. The molecule has 0 spiro atoms. The van der Waals surface area contributed by atoms with Crippen LogP contribution in [0.15, 0.2) is 17.0 Å². The van der Waals surface area contributed by atoms with Crippen LogP contribution in [0.5, 0.6) is 5.75 Å². The average molecular weight is 277 g/mol. The van der Waals surface area contributed by atoms with E-state index < -0.39 is 29.2 Å². The standard InChI is InChI=1S/C10H6F3NO3S/c1-16-9(15)7-3-6(18)2-5(4-14)8(7)17-10(11,12)13/h2-3,18H,1H3. The summed E-state index contributed by atoms with van der Waals surface area (Å²) in [7, 11) is 0.997. The smallest absolute Gasteiger partial charge is 0.465 e. The van der Waals surface area contributed by atoms with Crippen molar-refractivity contribution in [2.75, 3.05) is 7.11 Å². The van der Waals surface area contributed by atoms with Crippen LogP contribution in [-0.4, -0.2) is 19.4 Å². The molecule has 1 aromatic carbocycles. The van der Waals surface area contributed by atoms with Gasteiger partial charge in [0.1, 0.15) is 11.6 Å². The van der Waals surface area contributed by atoms with E-state index in [1.54, 1.807) is 0 Å². The van der Waals surface area contributed by atoms with Gasteiger partial charge in [0.15, 0.2) is 5.75 Å². The van der Waals surface area contributed by atoms with Crippen LogP contribution in [0.1, 0.15) is 15.9 Å². The van der Waals surface area contributed by atoms with Gasteiger partial charge in [-0.3, -0.25) is 0 Å². The molecule has 1 aromatic rings. The van der Waals surface area contributed by atoms with E-state index in [2.05, 4.69) is 22.1 Å². The van der Waals surface area contributed by atoms with Crippen molar-refractivity contribution in [3.05, 3.63) is 23.3 Å². The lowest BCUT2D eigenvalue weighted by molar-refractivity contribution is -0.274. The molecule has 0 saturated carbocycles. The van der Waals surface area contributed by atoms with Crippen LogP contribution in [0.3, 0.4) is 0 Å². The summed E-state index contributed by atoms with van der Waals surface area (Å²) in [5.41, 5.74) is -0.973. The molecule has 1 rings (SSSR count). The first-order chi connectivity index (χ1) is 8.28. The maximum absolute atomic E-state index is 12.2. The maximum atomic E-state index is 12.2. The topological polar surface area (TPSA) is 59.3 Å². The zero-order valence-corrected chi connectivity index (χ0v) is 9.80. The van der Waals surface area contributed by atoms with Crippen molar-refractivity contribution in [2.24, 2.45) is 0 Å². The number of thiol groups is 1. The van der Waals surface area contributed by atoms with Gasteiger partial charge in [-0.1, -0.05) is 0 Å². The summed E-state index contributed by atoms with van der Waals surface area (Å²) in [4.78, 5) is 11.5. The maximum Gasteiger partial charge on any atom is 0.573 e. The van der Waals surface area contributed by atoms with Gasteiger partial charge in [-0.25, -0.2) is 4.79 Å². The largest absolute Gasteiger partial charge is 0.573 e. The average Bonchev–Trinajstić information content (AvgIpc) is 2.28. The third-order valence-corrected chi connectivity index (χ3v) is 2.08. The summed E-state index contributed by atoms with van der Waals surface area (Å²) in [6.45, 7) is 0. The summed E-state index contributed by atoms with van der Waals surface area (Å²) < 4.78 is 44.6. The molecule has 0 saturated heterocycles. The number of hydrogen-bond acceptors (Lipinski definition) is 5. The van der Waals surface area contributed by atoms with E-state index in [9.17, 15) is 18.0 Å². The van der Waals surface area contributed by atoms with Gasteiger partial charge in [-0.15, -0.1) is 25.8 Å². The van der Waals surface area contributed by atoms with Gasteiger partial charge in [0, 0.05) is 4.90 Å². The van der Waals surface area contributed by atoms with Crippen molar-refractivity contribution < 1.29 is 27.4 Å². The third kappa shape index (κ3) is 3.30. The number of halogens is 3. The molecule has 0 aliphatic heterocycles. The number of esters is 1. The zero-order chi connectivity index (χ0) is 13.9. The van der Waals surface area contributed by atoms with Crippen LogP contribution >= 0.6 is 12.6 Å². The summed E-state index contributed by atoms with van der Waals surface area (Å²) in [5, 5.41) is 8.74. The monoisotopic (exact) mass is 277 g/mol. The highest BCUT2D eigenvalue weighted by Crippen LogP contribution is 2.32. The molecule has 0 amide bonds. The molecule has 0 aliphatic rings. The Morgan fingerprint density at radius 3 is 2.50 bits per heavy atom. The Hall–Kier alpha value is -1.88. The van der Waals surface area contributed by atoms with Gasteiger partial charge < -0.3 is 9.47 Å². The molecule has 0 aromatic heterocycles. The number of alkyl halides is 3. The van der Waals surface area contributed by atoms with Crippen LogP contribution in [0.25, 0.3) is 0 Å². The Bertz CT molecular complexity index is 522. The highest BCUT2D eigenvalue weighted by molar-refractivity contribution is 7.80. The number of rotatable bonds is 2. The molecule has 0 bridgehead atoms. The first-order valence-corrected chi connectivity index (χ1v) is 4.84. The van der Waals surface area contributed by atoms with E-state index in [-0.39, 0.29) is 4.90 Å². The Kier molecular flexibility index (Phi) is 4.08. The predicted molar refractivity (Wildman–Crippen MR) is 56.4 cm³/mol. The molecule has 8 heteroatoms. The van der Waals surface area contributed by atoms with E-state index >= 15 is 0 Å². The van der Waals surface area contributed by atoms with E-state index in [4.69, 9.17) is 5.26 Å². The summed E-state index contributed by atoms with van der Waals surface area (Å²) in [6, 6.07) is 3.57. The highest BCUT2D eigenvalue weighted by atomic mass is 32.1. The van der Waals surface area contributed by atoms with Crippen molar-refractivity contribution in [1.29, 1.82) is 5.26 Å². The van der Waals surface area contributed by atoms with Gasteiger partial charge in [0.05, 0.1) is 12.7 Å². The van der Waals surface area contributed by atoms with Crippen molar-refractivity contribution in [2.45, 2.75) is 11.3 Å². The van der Waals surface area contributed by atoms with Crippen molar-refractivity contribution >= 4 is 18.6 Å². The number of nitriles is 1. The molecule has 0 unspecified atom stereocenters. The molecule has 0 heterocycles. The van der Waals surface area contributed by atoms with Gasteiger partial charge in [-0.2, -0.15) is 5.26 Å². The minimum Gasteiger partial charge on any atom is -0.465 e. The molecule has 0 N–H and O–H groups in total. The van der Waals surface area contributed by atoms with Crippen molar-refractivity contribution in [3.8, 4) is 11.8 Å². The Labute approximate surface area is 105 Å². The summed E-state index contributed by atoms with van der Waals surface area (Å²) in [5.74, 6) is -1.95. The van der Waals surface area contributed by atoms with Crippen molar-refractivity contribution in [3.63, 3.8) is 0 Å².